The van der Waals surface area contributed by atoms with Crippen LogP contribution < -0.4 is 0 Å². The lowest BCUT2D eigenvalue weighted by atomic mass is 10.0. The second-order valence-corrected chi connectivity index (χ2v) is 11.9. The number of rotatable bonds is 4. The fourth-order valence-corrected chi connectivity index (χ4v) is 7.06. The van der Waals surface area contributed by atoms with E-state index < -0.39 is 0 Å². The number of hydrogen-bond acceptors (Lipinski definition) is 0. The average molecular weight is 575 g/mol. The van der Waals surface area contributed by atoms with E-state index in [1.54, 1.807) is 0 Å². The Labute approximate surface area is 262 Å². The molecule has 0 bridgehead atoms. The molecule has 2 heteroatoms. The van der Waals surface area contributed by atoms with Crippen molar-refractivity contribution in [2.45, 2.75) is 6.92 Å². The molecule has 0 N–H and O–H groups in total. The van der Waals surface area contributed by atoms with Crippen molar-refractivity contribution in [3.05, 3.63) is 169 Å². The Morgan fingerprint density at radius 3 is 1.18 bits per heavy atom. The maximum Gasteiger partial charge on any atom is 0.0548 e. The summed E-state index contributed by atoms with van der Waals surface area (Å²) in [5.74, 6) is 0. The Hall–Kier alpha value is -5.86. The lowest BCUT2D eigenvalue weighted by Crippen LogP contribution is -1.95. The molecule has 0 aliphatic rings. The topological polar surface area (TPSA) is 9.86 Å². The summed E-state index contributed by atoms with van der Waals surface area (Å²) >= 11 is 0. The molecule has 7 aromatic carbocycles. The van der Waals surface area contributed by atoms with Crippen LogP contribution in [0, 0.1) is 6.92 Å². The fraction of sp³-hybridized carbons (Fsp3) is 0.0233. The van der Waals surface area contributed by atoms with Crippen molar-refractivity contribution in [1.82, 2.24) is 9.13 Å². The molecule has 0 fully saturated rings. The molecule has 9 aromatic rings. The van der Waals surface area contributed by atoms with Crippen molar-refractivity contribution < 1.29 is 0 Å². The minimum Gasteiger partial charge on any atom is -0.309 e. The molecule has 212 valence electrons. The highest BCUT2D eigenvalue weighted by Gasteiger charge is 2.20. The number of nitrogens with zero attached hydrogens (tertiary/aromatic N) is 2. The number of para-hydroxylation sites is 2. The first-order chi connectivity index (χ1) is 22.2. The molecule has 9 rings (SSSR count). The lowest BCUT2D eigenvalue weighted by Gasteiger charge is -2.11. The quantitative estimate of drug-likeness (QED) is 0.198. The van der Waals surface area contributed by atoms with Crippen LogP contribution in [-0.2, 0) is 0 Å². The first kappa shape index (κ1) is 25.6. The van der Waals surface area contributed by atoms with Gasteiger partial charge >= 0.3 is 0 Å². The standard InChI is InChI=1S/C43H30N2/c1-29-15-23-34(24-16-29)44-38-13-7-5-11-36(38)42-40(44)27-28-41-43(42)37-12-6-8-14-39(37)45(41)35-25-21-33(22-26-35)32-19-17-31(18-20-32)30-9-3-2-4-10-30/h2-28H,1H3. The van der Waals surface area contributed by atoms with Gasteiger partial charge in [0.1, 0.15) is 0 Å². The van der Waals surface area contributed by atoms with Crippen LogP contribution in [-0.4, -0.2) is 9.13 Å². The highest BCUT2D eigenvalue weighted by Crippen LogP contribution is 2.42. The Morgan fingerprint density at radius 2 is 0.689 bits per heavy atom. The van der Waals surface area contributed by atoms with Crippen molar-refractivity contribution in [1.29, 1.82) is 0 Å². The van der Waals surface area contributed by atoms with Gasteiger partial charge in [0, 0.05) is 32.9 Å². The van der Waals surface area contributed by atoms with Crippen molar-refractivity contribution in [2.75, 3.05) is 0 Å². The molecule has 2 nitrogen and oxygen atoms in total. The van der Waals surface area contributed by atoms with Crippen LogP contribution in [0.15, 0.2) is 164 Å². The van der Waals surface area contributed by atoms with E-state index in [-0.39, 0.29) is 0 Å². The number of benzene rings is 7. The first-order valence-corrected chi connectivity index (χ1v) is 15.5. The molecule has 0 unspecified atom stereocenters. The number of aromatic nitrogens is 2. The van der Waals surface area contributed by atoms with Gasteiger partial charge in [-0.15, -0.1) is 0 Å². The maximum atomic E-state index is 2.42. The van der Waals surface area contributed by atoms with E-state index in [0.29, 0.717) is 0 Å². The highest BCUT2D eigenvalue weighted by molar-refractivity contribution is 6.28. The summed E-state index contributed by atoms with van der Waals surface area (Å²) in [6.07, 6.45) is 0. The van der Waals surface area contributed by atoms with Gasteiger partial charge in [-0.25, -0.2) is 0 Å². The normalized spacial score (nSPS) is 11.7. The largest absolute Gasteiger partial charge is 0.309 e. The SMILES string of the molecule is Cc1ccc(-n2c3ccccc3c3c4c5ccccc5n(-c5ccc(-c6ccc(-c7ccccc7)cc6)cc5)c4ccc32)cc1. The third-order valence-electron chi connectivity index (χ3n) is 9.21. The van der Waals surface area contributed by atoms with Crippen molar-refractivity contribution in [3.8, 4) is 33.6 Å². The van der Waals surface area contributed by atoms with E-state index in [1.807, 2.05) is 0 Å². The third kappa shape index (κ3) is 4.03. The monoisotopic (exact) mass is 574 g/mol. The van der Waals surface area contributed by atoms with Crippen LogP contribution in [0.3, 0.4) is 0 Å². The van der Waals surface area contributed by atoms with E-state index >= 15 is 0 Å². The zero-order valence-electron chi connectivity index (χ0n) is 25.0. The summed E-state index contributed by atoms with van der Waals surface area (Å²) in [5.41, 5.74) is 13.4. The van der Waals surface area contributed by atoms with Gasteiger partial charge in [0.2, 0.25) is 0 Å². The summed E-state index contributed by atoms with van der Waals surface area (Å²) < 4.78 is 4.83. The first-order valence-electron chi connectivity index (χ1n) is 15.5. The Balaban J connectivity index is 1.22. The molecule has 0 amide bonds. The Morgan fingerprint density at radius 1 is 0.311 bits per heavy atom. The number of aryl methyl sites for hydroxylation is 1. The minimum atomic E-state index is 1.16. The zero-order valence-corrected chi connectivity index (χ0v) is 25.0. The van der Waals surface area contributed by atoms with E-state index in [1.165, 1.54) is 77.1 Å². The van der Waals surface area contributed by atoms with Gasteiger partial charge in [0.05, 0.1) is 22.1 Å². The maximum absolute atomic E-state index is 2.42. The minimum absolute atomic E-state index is 1.16. The van der Waals surface area contributed by atoms with Gasteiger partial charge in [-0.2, -0.15) is 0 Å². The van der Waals surface area contributed by atoms with Gasteiger partial charge in [0.15, 0.2) is 0 Å². The summed E-state index contributed by atoms with van der Waals surface area (Å²) in [6.45, 7) is 2.14. The van der Waals surface area contributed by atoms with Gasteiger partial charge in [-0.3, -0.25) is 0 Å². The van der Waals surface area contributed by atoms with Crippen molar-refractivity contribution in [3.63, 3.8) is 0 Å². The van der Waals surface area contributed by atoms with E-state index in [9.17, 15) is 0 Å². The van der Waals surface area contributed by atoms with Crippen LogP contribution in [0.1, 0.15) is 5.56 Å². The third-order valence-corrected chi connectivity index (χ3v) is 9.21. The zero-order chi connectivity index (χ0) is 29.9. The van der Waals surface area contributed by atoms with Gasteiger partial charge in [-0.1, -0.05) is 121 Å². The molecular formula is C43H30N2. The van der Waals surface area contributed by atoms with Crippen molar-refractivity contribution in [2.24, 2.45) is 0 Å². The fourth-order valence-electron chi connectivity index (χ4n) is 7.06. The molecule has 2 aromatic heterocycles. The van der Waals surface area contributed by atoms with E-state index in [2.05, 4.69) is 180 Å². The van der Waals surface area contributed by atoms with Gasteiger partial charge < -0.3 is 9.13 Å². The summed E-state index contributed by atoms with van der Waals surface area (Å²) in [5, 5.41) is 5.14. The molecular weight excluding hydrogens is 544 g/mol. The summed E-state index contributed by atoms with van der Waals surface area (Å²) in [6, 6.07) is 59.5. The van der Waals surface area contributed by atoms with Crippen LogP contribution in [0.4, 0.5) is 0 Å². The predicted molar refractivity (Wildman–Crippen MR) is 191 cm³/mol. The van der Waals surface area contributed by atoms with Crippen LogP contribution >= 0.6 is 0 Å². The molecule has 0 spiro atoms. The molecule has 45 heavy (non-hydrogen) atoms. The molecule has 0 aliphatic heterocycles. The molecule has 0 aliphatic carbocycles. The van der Waals surface area contributed by atoms with Crippen LogP contribution in [0.2, 0.25) is 0 Å². The Kier molecular flexibility index (Phi) is 5.76. The van der Waals surface area contributed by atoms with E-state index in [0.717, 1.165) is 5.69 Å². The second-order valence-electron chi connectivity index (χ2n) is 11.9. The second kappa shape index (κ2) is 10.1. The van der Waals surface area contributed by atoms with E-state index in [4.69, 9.17) is 0 Å². The molecule has 2 heterocycles. The molecule has 0 saturated carbocycles. The summed E-state index contributed by atoms with van der Waals surface area (Å²) in [7, 11) is 0. The van der Waals surface area contributed by atoms with Gasteiger partial charge in [0.25, 0.3) is 0 Å². The molecule has 0 atom stereocenters. The number of fused-ring (bicyclic) bond motifs is 7. The molecule has 0 saturated heterocycles. The smallest absolute Gasteiger partial charge is 0.0548 e. The van der Waals surface area contributed by atoms with Crippen LogP contribution in [0.25, 0.3) is 77.2 Å². The lowest BCUT2D eigenvalue weighted by molar-refractivity contribution is 1.17. The van der Waals surface area contributed by atoms with Crippen molar-refractivity contribution >= 4 is 43.6 Å². The molecule has 0 radical (unpaired) electrons. The number of hydrogen-bond donors (Lipinski definition) is 0. The summed E-state index contributed by atoms with van der Waals surface area (Å²) in [4.78, 5) is 0. The predicted octanol–water partition coefficient (Wildman–Crippen LogP) is 11.5. The highest BCUT2D eigenvalue weighted by atomic mass is 15.0. The Bertz CT molecular complexity index is 2490. The average Bonchev–Trinajstić information content (AvgIpc) is 3.62. The van der Waals surface area contributed by atoms with Gasteiger partial charge in [-0.05, 0) is 77.7 Å². The van der Waals surface area contributed by atoms with Crippen LogP contribution in [0.5, 0.6) is 0 Å².